The van der Waals surface area contributed by atoms with Crippen LogP contribution in [0.5, 0.6) is 0 Å². The van der Waals surface area contributed by atoms with Crippen molar-refractivity contribution in [2.24, 2.45) is 5.92 Å². The number of anilines is 1. The number of fused-ring (bicyclic) bond motifs is 1. The Balaban J connectivity index is 1.42. The highest BCUT2D eigenvalue weighted by Crippen LogP contribution is 2.38. The molecule has 156 valence electrons. The molecule has 5 heterocycles. The number of aromatic amines is 1. The van der Waals surface area contributed by atoms with Crippen LogP contribution in [0.2, 0.25) is 0 Å². The number of rotatable bonds is 5. The highest BCUT2D eigenvalue weighted by Gasteiger charge is 2.32. The summed E-state index contributed by atoms with van der Waals surface area (Å²) in [4.78, 5) is 14.0. The van der Waals surface area contributed by atoms with E-state index >= 15 is 0 Å². The van der Waals surface area contributed by atoms with E-state index in [0.29, 0.717) is 17.5 Å². The van der Waals surface area contributed by atoms with Crippen LogP contribution in [0.25, 0.3) is 22.3 Å². The zero-order valence-corrected chi connectivity index (χ0v) is 17.9. The molecule has 1 saturated heterocycles. The van der Waals surface area contributed by atoms with Gasteiger partial charge in [0.2, 0.25) is 0 Å². The maximum absolute atomic E-state index is 9.52. The molecule has 5 rings (SSSR count). The summed E-state index contributed by atoms with van der Waals surface area (Å²) in [7, 11) is 0. The number of hydrogen-bond acceptors (Lipinski definition) is 7. The van der Waals surface area contributed by atoms with Crippen molar-refractivity contribution in [1.29, 1.82) is 15.8 Å². The Morgan fingerprint density at radius 1 is 1.22 bits per heavy atom. The predicted octanol–water partition coefficient (Wildman–Crippen LogP) is 4.21. The standard InChI is InChI=1S/C23H18N8S/c24-5-1-20(15-3-8-31(11-15)23-19(10-26)17(9-25)13-32-23)30-7-4-16(12-30)21-18-2-6-27-22(18)29-14-28-21/h2,4,6-7,12-15,20H,1,3,8,11H2,(H,27,28,29). The van der Waals surface area contributed by atoms with Gasteiger partial charge < -0.3 is 14.5 Å². The van der Waals surface area contributed by atoms with Gasteiger partial charge in [0.25, 0.3) is 0 Å². The molecule has 1 aliphatic heterocycles. The highest BCUT2D eigenvalue weighted by atomic mass is 32.1. The molecule has 1 fully saturated rings. The average molecular weight is 439 g/mol. The molecule has 0 saturated carbocycles. The Hall–Kier alpha value is -4.13. The Morgan fingerprint density at radius 3 is 2.94 bits per heavy atom. The Kier molecular flexibility index (Phi) is 5.07. The fourth-order valence-electron chi connectivity index (χ4n) is 4.53. The summed E-state index contributed by atoms with van der Waals surface area (Å²) in [5.74, 6) is 0.256. The first kappa shape index (κ1) is 19.8. The fourth-order valence-corrected chi connectivity index (χ4v) is 5.52. The summed E-state index contributed by atoms with van der Waals surface area (Å²) in [5.41, 5.74) is 3.53. The lowest BCUT2D eigenvalue weighted by Crippen LogP contribution is -2.24. The van der Waals surface area contributed by atoms with Crippen molar-refractivity contribution in [2.45, 2.75) is 18.9 Å². The Bertz CT molecular complexity index is 1410. The van der Waals surface area contributed by atoms with Gasteiger partial charge in [-0.05, 0) is 24.5 Å². The first-order chi connectivity index (χ1) is 15.7. The van der Waals surface area contributed by atoms with Gasteiger partial charge >= 0.3 is 0 Å². The Labute approximate surface area is 188 Å². The molecule has 0 radical (unpaired) electrons. The second-order valence-corrected chi connectivity index (χ2v) is 8.65. The van der Waals surface area contributed by atoms with E-state index in [-0.39, 0.29) is 12.0 Å². The molecule has 9 heteroatoms. The second kappa shape index (κ2) is 8.19. The summed E-state index contributed by atoms with van der Waals surface area (Å²) < 4.78 is 2.12. The number of aromatic nitrogens is 4. The maximum Gasteiger partial charge on any atom is 0.141 e. The molecule has 0 aromatic carbocycles. The third-order valence-corrected chi connectivity index (χ3v) is 7.12. The summed E-state index contributed by atoms with van der Waals surface area (Å²) in [5, 5.41) is 31.8. The highest BCUT2D eigenvalue weighted by molar-refractivity contribution is 7.14. The minimum atomic E-state index is 0.0169. The largest absolute Gasteiger partial charge is 0.362 e. The lowest BCUT2D eigenvalue weighted by molar-refractivity contribution is 0.360. The lowest BCUT2D eigenvalue weighted by Gasteiger charge is -2.24. The van der Waals surface area contributed by atoms with Crippen molar-refractivity contribution < 1.29 is 0 Å². The second-order valence-electron chi connectivity index (χ2n) is 7.79. The molecular weight excluding hydrogens is 420 g/mol. The van der Waals surface area contributed by atoms with E-state index in [9.17, 15) is 15.8 Å². The number of hydrogen-bond donors (Lipinski definition) is 1. The van der Waals surface area contributed by atoms with Crippen molar-refractivity contribution >= 4 is 27.4 Å². The topological polar surface area (TPSA) is 121 Å². The van der Waals surface area contributed by atoms with E-state index in [1.165, 1.54) is 11.3 Å². The van der Waals surface area contributed by atoms with Crippen LogP contribution in [0.1, 0.15) is 30.0 Å². The van der Waals surface area contributed by atoms with Gasteiger partial charge in [0.15, 0.2) is 0 Å². The summed E-state index contributed by atoms with van der Waals surface area (Å²) in [6.45, 7) is 1.55. The molecule has 0 aliphatic carbocycles. The van der Waals surface area contributed by atoms with Crippen LogP contribution >= 0.6 is 11.3 Å². The molecule has 8 nitrogen and oxygen atoms in total. The van der Waals surface area contributed by atoms with Crippen molar-refractivity contribution in [2.75, 3.05) is 18.0 Å². The molecule has 4 aromatic rings. The Morgan fingerprint density at radius 2 is 2.12 bits per heavy atom. The predicted molar refractivity (Wildman–Crippen MR) is 121 cm³/mol. The van der Waals surface area contributed by atoms with Crippen LogP contribution in [-0.2, 0) is 0 Å². The summed E-state index contributed by atoms with van der Waals surface area (Å²) in [6.07, 6.45) is 8.79. The maximum atomic E-state index is 9.52. The molecule has 0 amide bonds. The summed E-state index contributed by atoms with van der Waals surface area (Å²) in [6, 6.07) is 10.6. The molecule has 0 bridgehead atoms. The normalized spacial score (nSPS) is 16.5. The van der Waals surface area contributed by atoms with Gasteiger partial charge in [-0.15, -0.1) is 11.3 Å². The molecular formula is C23H18N8S. The number of H-pyrrole nitrogens is 1. The van der Waals surface area contributed by atoms with E-state index in [4.69, 9.17) is 0 Å². The number of thiophene rings is 1. The molecule has 2 unspecified atom stereocenters. The van der Waals surface area contributed by atoms with Gasteiger partial charge in [0.1, 0.15) is 34.7 Å². The lowest BCUT2D eigenvalue weighted by atomic mass is 9.96. The van der Waals surface area contributed by atoms with Crippen molar-refractivity contribution in [3.8, 4) is 29.5 Å². The fraction of sp³-hybridized carbons (Fsp3) is 0.261. The molecule has 2 atom stereocenters. The van der Waals surface area contributed by atoms with Gasteiger partial charge in [0, 0.05) is 48.0 Å². The monoisotopic (exact) mass is 438 g/mol. The third-order valence-electron chi connectivity index (χ3n) is 6.09. The quantitative estimate of drug-likeness (QED) is 0.498. The van der Waals surface area contributed by atoms with Crippen LogP contribution in [0.4, 0.5) is 5.00 Å². The van der Waals surface area contributed by atoms with E-state index in [1.54, 1.807) is 11.7 Å². The molecule has 1 N–H and O–H groups in total. The number of nitriles is 3. The van der Waals surface area contributed by atoms with Gasteiger partial charge in [-0.25, -0.2) is 9.97 Å². The molecule has 4 aromatic heterocycles. The minimum Gasteiger partial charge on any atom is -0.362 e. The van der Waals surface area contributed by atoms with Crippen LogP contribution in [0, 0.1) is 39.9 Å². The smallest absolute Gasteiger partial charge is 0.141 e. The molecule has 1 aliphatic rings. The van der Waals surface area contributed by atoms with Crippen LogP contribution in [0.15, 0.2) is 42.4 Å². The third kappa shape index (κ3) is 3.28. The van der Waals surface area contributed by atoms with E-state index in [2.05, 4.69) is 48.8 Å². The zero-order chi connectivity index (χ0) is 22.1. The average Bonchev–Trinajstić information content (AvgIpc) is 3.61. The minimum absolute atomic E-state index is 0.0169. The number of nitrogens with zero attached hydrogens (tertiary/aromatic N) is 7. The van der Waals surface area contributed by atoms with Crippen LogP contribution < -0.4 is 4.90 Å². The van der Waals surface area contributed by atoms with E-state index in [0.717, 1.165) is 46.8 Å². The van der Waals surface area contributed by atoms with Crippen molar-refractivity contribution in [3.05, 3.63) is 53.6 Å². The SMILES string of the molecule is N#CCC(C1CCN(c2scc(C#N)c2C#N)C1)n1ccc(-c2ncnc3[nH]ccc23)c1. The van der Waals surface area contributed by atoms with Crippen molar-refractivity contribution in [3.63, 3.8) is 0 Å². The first-order valence-electron chi connectivity index (χ1n) is 10.2. The van der Waals surface area contributed by atoms with Gasteiger partial charge in [-0.1, -0.05) is 0 Å². The van der Waals surface area contributed by atoms with Gasteiger partial charge in [0.05, 0.1) is 29.8 Å². The van der Waals surface area contributed by atoms with E-state index in [1.807, 2.05) is 24.5 Å². The van der Waals surface area contributed by atoms with Crippen LogP contribution in [-0.4, -0.2) is 32.6 Å². The molecule has 0 spiro atoms. The number of nitrogens with one attached hydrogen (secondary N) is 1. The molecule has 32 heavy (non-hydrogen) atoms. The van der Waals surface area contributed by atoms with Crippen molar-refractivity contribution in [1.82, 2.24) is 19.5 Å². The van der Waals surface area contributed by atoms with Crippen LogP contribution in [0.3, 0.4) is 0 Å². The first-order valence-corrected chi connectivity index (χ1v) is 11.1. The van der Waals surface area contributed by atoms with Gasteiger partial charge in [-0.3, -0.25) is 0 Å². The summed E-state index contributed by atoms with van der Waals surface area (Å²) >= 11 is 1.44. The van der Waals surface area contributed by atoms with E-state index < -0.39 is 0 Å². The van der Waals surface area contributed by atoms with Gasteiger partial charge in [-0.2, -0.15) is 15.8 Å². The zero-order valence-electron chi connectivity index (χ0n) is 17.1.